The molecule has 0 unspecified atom stereocenters. The average molecular weight is 313 g/mol. The second-order valence-corrected chi connectivity index (χ2v) is 5.99. The summed E-state index contributed by atoms with van der Waals surface area (Å²) in [5.41, 5.74) is 5.59. The van der Waals surface area contributed by atoms with E-state index in [9.17, 15) is 12.8 Å². The molecule has 2 rings (SSSR count). The van der Waals surface area contributed by atoms with E-state index in [4.69, 9.17) is 10.5 Å². The van der Waals surface area contributed by atoms with Gasteiger partial charge in [-0.25, -0.2) is 4.39 Å². The molecule has 21 heavy (non-hydrogen) atoms. The number of hydrogen-bond donors (Lipinski definition) is 2. The number of nitrogens with one attached hydrogen (secondary N) is 1. The summed E-state index contributed by atoms with van der Waals surface area (Å²) in [6.45, 7) is 1.39. The Hall–Kier alpha value is -1.66. The van der Waals surface area contributed by atoms with E-state index in [-0.39, 0.29) is 30.9 Å². The van der Waals surface area contributed by atoms with E-state index >= 15 is 0 Å². The van der Waals surface area contributed by atoms with Gasteiger partial charge in [-0.05, 0) is 18.2 Å². The van der Waals surface area contributed by atoms with Crippen LogP contribution in [0.15, 0.2) is 18.2 Å². The van der Waals surface area contributed by atoms with Crippen LogP contribution in [0, 0.1) is 17.7 Å². The second-order valence-electron chi connectivity index (χ2n) is 4.32. The van der Waals surface area contributed by atoms with Crippen LogP contribution in [0.3, 0.4) is 0 Å². The highest BCUT2D eigenvalue weighted by Gasteiger charge is 2.24. The first-order valence-corrected chi connectivity index (χ1v) is 7.81. The van der Waals surface area contributed by atoms with Gasteiger partial charge in [0.25, 0.3) is 0 Å². The summed E-state index contributed by atoms with van der Waals surface area (Å²) in [5, 5.41) is 0. The fourth-order valence-electron chi connectivity index (χ4n) is 1.83. The van der Waals surface area contributed by atoms with E-state index in [0.717, 1.165) is 6.07 Å². The molecule has 0 spiro atoms. The fourth-order valence-corrected chi connectivity index (χ4v) is 3.01. The molecular formula is C13H16FN3O3S. The second kappa shape index (κ2) is 6.87. The SMILES string of the molecule is NCC#Cc1cc(NS(=O)(=O)N2CCOCC2)ccc1F. The first kappa shape index (κ1) is 15.7. The van der Waals surface area contributed by atoms with E-state index in [1.807, 2.05) is 0 Å². The largest absolute Gasteiger partial charge is 0.379 e. The van der Waals surface area contributed by atoms with Crippen LogP contribution in [0.4, 0.5) is 10.1 Å². The third-order valence-corrected chi connectivity index (χ3v) is 4.39. The number of halogens is 1. The van der Waals surface area contributed by atoms with Crippen molar-refractivity contribution in [2.24, 2.45) is 5.73 Å². The van der Waals surface area contributed by atoms with E-state index in [0.29, 0.717) is 13.2 Å². The summed E-state index contributed by atoms with van der Waals surface area (Å²) in [4.78, 5) is 0. The lowest BCUT2D eigenvalue weighted by molar-refractivity contribution is 0.0733. The highest BCUT2D eigenvalue weighted by molar-refractivity contribution is 7.90. The Morgan fingerprint density at radius 1 is 1.38 bits per heavy atom. The maximum absolute atomic E-state index is 13.5. The Bertz CT molecular complexity index is 661. The van der Waals surface area contributed by atoms with Crippen LogP contribution in [0.1, 0.15) is 5.56 Å². The topological polar surface area (TPSA) is 84.7 Å². The lowest BCUT2D eigenvalue weighted by Gasteiger charge is -2.26. The van der Waals surface area contributed by atoms with Gasteiger partial charge < -0.3 is 10.5 Å². The van der Waals surface area contributed by atoms with Crippen molar-refractivity contribution in [2.45, 2.75) is 0 Å². The Morgan fingerprint density at radius 2 is 2.10 bits per heavy atom. The molecule has 0 aromatic heterocycles. The van der Waals surface area contributed by atoms with E-state index in [1.165, 1.54) is 16.4 Å². The standard InChI is InChI=1S/C13H16FN3O3S/c14-13-4-3-12(10-11(13)2-1-5-15)16-21(18,19)17-6-8-20-9-7-17/h3-4,10,16H,5-9,15H2. The Morgan fingerprint density at radius 3 is 2.76 bits per heavy atom. The summed E-state index contributed by atoms with van der Waals surface area (Å²) >= 11 is 0. The van der Waals surface area contributed by atoms with Gasteiger partial charge in [0.05, 0.1) is 31.0 Å². The summed E-state index contributed by atoms with van der Waals surface area (Å²) in [6, 6.07) is 3.86. The first-order valence-electron chi connectivity index (χ1n) is 6.37. The molecule has 0 amide bonds. The van der Waals surface area contributed by atoms with Crippen molar-refractivity contribution >= 4 is 15.9 Å². The molecule has 1 aromatic carbocycles. The number of hydrogen-bond acceptors (Lipinski definition) is 4. The van der Waals surface area contributed by atoms with E-state index in [2.05, 4.69) is 16.6 Å². The molecule has 1 fully saturated rings. The van der Waals surface area contributed by atoms with Gasteiger partial charge in [-0.1, -0.05) is 11.8 Å². The number of ether oxygens (including phenoxy) is 1. The normalized spacial score (nSPS) is 16.1. The lowest BCUT2D eigenvalue weighted by atomic mass is 10.2. The van der Waals surface area contributed by atoms with Crippen molar-refractivity contribution in [1.29, 1.82) is 0 Å². The van der Waals surface area contributed by atoms with Crippen LogP contribution in [-0.4, -0.2) is 45.6 Å². The number of benzene rings is 1. The Kier molecular flexibility index (Phi) is 5.14. The molecular weight excluding hydrogens is 297 g/mol. The van der Waals surface area contributed by atoms with Crippen LogP contribution in [0.25, 0.3) is 0 Å². The summed E-state index contributed by atoms with van der Waals surface area (Å²) < 4.78 is 46.7. The molecule has 8 heteroatoms. The quantitative estimate of drug-likeness (QED) is 0.777. The van der Waals surface area contributed by atoms with E-state index in [1.54, 1.807) is 0 Å². The number of morpholine rings is 1. The maximum Gasteiger partial charge on any atom is 0.301 e. The third-order valence-electron chi connectivity index (χ3n) is 2.85. The highest BCUT2D eigenvalue weighted by atomic mass is 32.2. The van der Waals surface area contributed by atoms with Crippen molar-refractivity contribution in [1.82, 2.24) is 4.31 Å². The van der Waals surface area contributed by atoms with Gasteiger partial charge in [-0.3, -0.25) is 4.72 Å². The van der Waals surface area contributed by atoms with Crippen molar-refractivity contribution in [2.75, 3.05) is 37.6 Å². The molecule has 114 valence electrons. The van der Waals surface area contributed by atoms with E-state index < -0.39 is 16.0 Å². The van der Waals surface area contributed by atoms with Crippen LogP contribution in [0.2, 0.25) is 0 Å². The van der Waals surface area contributed by atoms with Crippen molar-refractivity contribution < 1.29 is 17.5 Å². The zero-order valence-corrected chi connectivity index (χ0v) is 12.1. The summed E-state index contributed by atoms with van der Waals surface area (Å²) in [5.74, 6) is 4.57. The molecule has 1 aromatic rings. The molecule has 0 radical (unpaired) electrons. The zero-order chi connectivity index (χ0) is 15.3. The first-order chi connectivity index (χ1) is 10.0. The average Bonchev–Trinajstić information content (AvgIpc) is 2.48. The molecule has 0 aliphatic carbocycles. The van der Waals surface area contributed by atoms with Crippen LogP contribution in [0.5, 0.6) is 0 Å². The number of rotatable bonds is 3. The van der Waals surface area contributed by atoms with Crippen molar-refractivity contribution in [3.63, 3.8) is 0 Å². The zero-order valence-electron chi connectivity index (χ0n) is 11.3. The van der Waals surface area contributed by atoms with Crippen LogP contribution >= 0.6 is 0 Å². The lowest BCUT2D eigenvalue weighted by Crippen LogP contribution is -2.43. The summed E-state index contributed by atoms with van der Waals surface area (Å²) in [7, 11) is -3.68. The predicted molar refractivity (Wildman–Crippen MR) is 77.3 cm³/mol. The van der Waals surface area contributed by atoms with Crippen LogP contribution < -0.4 is 10.5 Å². The molecule has 6 nitrogen and oxygen atoms in total. The molecule has 1 aliphatic heterocycles. The van der Waals surface area contributed by atoms with Gasteiger partial charge in [0, 0.05) is 13.1 Å². The molecule has 1 heterocycles. The van der Waals surface area contributed by atoms with Crippen LogP contribution in [-0.2, 0) is 14.9 Å². The van der Waals surface area contributed by atoms with Crippen molar-refractivity contribution in [3.8, 4) is 11.8 Å². The molecule has 1 aliphatic rings. The minimum Gasteiger partial charge on any atom is -0.379 e. The molecule has 0 bridgehead atoms. The number of nitrogens with two attached hydrogens (primary N) is 1. The third kappa shape index (κ3) is 4.15. The Balaban J connectivity index is 2.18. The minimum absolute atomic E-state index is 0.0997. The number of nitrogens with zero attached hydrogens (tertiary/aromatic N) is 1. The van der Waals surface area contributed by atoms with Gasteiger partial charge in [0.2, 0.25) is 0 Å². The van der Waals surface area contributed by atoms with Gasteiger partial charge >= 0.3 is 10.2 Å². The molecule has 0 atom stereocenters. The minimum atomic E-state index is -3.68. The van der Waals surface area contributed by atoms with Crippen molar-refractivity contribution in [3.05, 3.63) is 29.6 Å². The van der Waals surface area contributed by atoms with Gasteiger partial charge in [-0.2, -0.15) is 12.7 Å². The van der Waals surface area contributed by atoms with Gasteiger partial charge in [0.15, 0.2) is 0 Å². The van der Waals surface area contributed by atoms with Gasteiger partial charge in [0.1, 0.15) is 5.82 Å². The molecule has 0 saturated carbocycles. The maximum atomic E-state index is 13.5. The smallest absolute Gasteiger partial charge is 0.301 e. The Labute approximate surface area is 123 Å². The predicted octanol–water partition coefficient (Wildman–Crippen LogP) is 0.125. The molecule has 3 N–H and O–H groups in total. The molecule has 1 saturated heterocycles. The number of anilines is 1. The van der Waals surface area contributed by atoms with Gasteiger partial charge in [-0.15, -0.1) is 0 Å². The summed E-state index contributed by atoms with van der Waals surface area (Å²) in [6.07, 6.45) is 0. The highest BCUT2D eigenvalue weighted by Crippen LogP contribution is 2.17. The fraction of sp³-hybridized carbons (Fsp3) is 0.385. The monoisotopic (exact) mass is 313 g/mol.